The fourth-order valence-corrected chi connectivity index (χ4v) is 3.75. The van der Waals surface area contributed by atoms with Crippen LogP contribution in [0.5, 0.6) is 0 Å². The van der Waals surface area contributed by atoms with Gasteiger partial charge in [0.2, 0.25) is 0 Å². The molecule has 0 unspecified atom stereocenters. The number of aliphatic hydroxyl groups is 2. The van der Waals surface area contributed by atoms with E-state index in [1.54, 1.807) is 17.9 Å². The molecule has 3 heterocycles. The van der Waals surface area contributed by atoms with Gasteiger partial charge < -0.3 is 19.8 Å². The standard InChI is InChI=1S/C14H18FN3O5S/c1-8-12(19)13(20)14(23-8)17-5-9(15)4-16(7-17)6-10-2-3-11(24-10)18(21)22/h2-3,5,8,12-14,19-20H,4,6-7H2,1H3/t8-,12-,13-,14-/m0/s1. The van der Waals surface area contributed by atoms with Crippen LogP contribution < -0.4 is 0 Å². The van der Waals surface area contributed by atoms with Crippen LogP contribution in [0.1, 0.15) is 11.8 Å². The predicted molar refractivity (Wildman–Crippen MR) is 83.6 cm³/mol. The van der Waals surface area contributed by atoms with E-state index in [9.17, 15) is 24.7 Å². The maximum atomic E-state index is 14.0. The second kappa shape index (κ2) is 6.73. The Morgan fingerprint density at radius 1 is 1.46 bits per heavy atom. The first kappa shape index (κ1) is 17.2. The van der Waals surface area contributed by atoms with E-state index in [1.165, 1.54) is 17.2 Å². The molecule has 1 saturated heterocycles. The lowest BCUT2D eigenvalue weighted by Gasteiger charge is -2.37. The second-order valence-electron chi connectivity index (χ2n) is 5.93. The smallest absolute Gasteiger partial charge is 0.324 e. The highest BCUT2D eigenvalue weighted by atomic mass is 32.1. The van der Waals surface area contributed by atoms with Gasteiger partial charge in [-0.3, -0.25) is 15.0 Å². The lowest BCUT2D eigenvalue weighted by atomic mass is 10.1. The minimum atomic E-state index is -1.13. The molecule has 4 atom stereocenters. The van der Waals surface area contributed by atoms with Gasteiger partial charge >= 0.3 is 5.00 Å². The van der Waals surface area contributed by atoms with Gasteiger partial charge in [0.25, 0.3) is 0 Å². The summed E-state index contributed by atoms with van der Waals surface area (Å²) in [7, 11) is 0. The summed E-state index contributed by atoms with van der Waals surface area (Å²) in [5.41, 5.74) is 0. The summed E-state index contributed by atoms with van der Waals surface area (Å²) in [5.74, 6) is -0.405. The largest absolute Gasteiger partial charge is 0.388 e. The molecule has 3 rings (SSSR count). The molecule has 0 amide bonds. The van der Waals surface area contributed by atoms with Crippen LogP contribution in [0.3, 0.4) is 0 Å². The normalized spacial score (nSPS) is 31.3. The van der Waals surface area contributed by atoms with Gasteiger partial charge in [0.05, 0.1) is 24.2 Å². The molecular weight excluding hydrogens is 341 g/mol. The summed E-state index contributed by atoms with van der Waals surface area (Å²) in [5, 5.41) is 30.6. The van der Waals surface area contributed by atoms with E-state index < -0.39 is 35.3 Å². The number of aliphatic hydroxyl groups excluding tert-OH is 2. The Kier molecular flexibility index (Phi) is 4.83. The minimum absolute atomic E-state index is 0.0429. The topological polar surface area (TPSA) is 99.3 Å². The van der Waals surface area contributed by atoms with Crippen molar-refractivity contribution in [3.63, 3.8) is 0 Å². The van der Waals surface area contributed by atoms with Crippen molar-refractivity contribution in [2.45, 2.75) is 38.0 Å². The Morgan fingerprint density at radius 3 is 2.79 bits per heavy atom. The van der Waals surface area contributed by atoms with Crippen LogP contribution in [-0.2, 0) is 11.3 Å². The van der Waals surface area contributed by atoms with E-state index in [2.05, 4.69) is 0 Å². The zero-order chi connectivity index (χ0) is 17.4. The van der Waals surface area contributed by atoms with Gasteiger partial charge in [0.15, 0.2) is 6.23 Å². The third kappa shape index (κ3) is 3.42. The van der Waals surface area contributed by atoms with Crippen LogP contribution in [-0.4, -0.2) is 62.7 Å². The lowest BCUT2D eigenvalue weighted by Crippen LogP contribution is -2.49. The fourth-order valence-electron chi connectivity index (χ4n) is 2.89. The first-order chi connectivity index (χ1) is 11.3. The van der Waals surface area contributed by atoms with Crippen molar-refractivity contribution >= 4 is 16.3 Å². The van der Waals surface area contributed by atoms with Crippen molar-refractivity contribution < 1.29 is 24.3 Å². The Bertz CT molecular complexity index is 654. The van der Waals surface area contributed by atoms with Gasteiger partial charge in [-0.25, -0.2) is 4.39 Å². The lowest BCUT2D eigenvalue weighted by molar-refractivity contribution is -0.380. The molecule has 10 heteroatoms. The number of hydrogen-bond donors (Lipinski definition) is 2. The van der Waals surface area contributed by atoms with Crippen molar-refractivity contribution in [1.29, 1.82) is 0 Å². The van der Waals surface area contributed by atoms with E-state index in [0.717, 1.165) is 16.2 Å². The van der Waals surface area contributed by atoms with Crippen LogP contribution in [0.2, 0.25) is 0 Å². The van der Waals surface area contributed by atoms with Crippen molar-refractivity contribution in [3.8, 4) is 0 Å². The molecule has 0 saturated carbocycles. The van der Waals surface area contributed by atoms with E-state index >= 15 is 0 Å². The van der Waals surface area contributed by atoms with Crippen molar-refractivity contribution in [1.82, 2.24) is 9.80 Å². The highest BCUT2D eigenvalue weighted by molar-refractivity contribution is 7.15. The number of hydrogen-bond acceptors (Lipinski definition) is 8. The SMILES string of the molecule is C[C@@H]1O[C@H](N2C=C(F)CN(Cc3ccc([N+](=O)[O-])s3)C2)[C@@H](O)[C@H]1O. The third-order valence-electron chi connectivity index (χ3n) is 4.05. The molecule has 2 N–H and O–H groups in total. The number of halogens is 1. The van der Waals surface area contributed by atoms with Crippen LogP contribution in [0.15, 0.2) is 24.2 Å². The Hall–Kier alpha value is -1.59. The number of nitrogens with zero attached hydrogens (tertiary/aromatic N) is 3. The summed E-state index contributed by atoms with van der Waals surface area (Å²) < 4.78 is 19.5. The highest BCUT2D eigenvalue weighted by Crippen LogP contribution is 2.29. The number of ether oxygens (including phenoxy) is 1. The fraction of sp³-hybridized carbons (Fsp3) is 0.571. The molecule has 0 bridgehead atoms. The molecule has 0 radical (unpaired) electrons. The molecule has 1 fully saturated rings. The summed E-state index contributed by atoms with van der Waals surface area (Å²) in [4.78, 5) is 14.3. The van der Waals surface area contributed by atoms with Crippen LogP contribution in [0, 0.1) is 10.1 Å². The van der Waals surface area contributed by atoms with Crippen molar-refractivity contribution in [3.05, 3.63) is 39.2 Å². The quantitative estimate of drug-likeness (QED) is 0.611. The third-order valence-corrected chi connectivity index (χ3v) is 5.08. The molecule has 8 nitrogen and oxygen atoms in total. The van der Waals surface area contributed by atoms with Gasteiger partial charge in [-0.2, -0.15) is 0 Å². The molecule has 1 aromatic heterocycles. The van der Waals surface area contributed by atoms with E-state index in [0.29, 0.717) is 6.54 Å². The molecular formula is C14H18FN3O5S. The zero-order valence-electron chi connectivity index (χ0n) is 12.9. The van der Waals surface area contributed by atoms with Gasteiger partial charge in [-0.05, 0) is 13.0 Å². The molecule has 2 aliphatic rings. The molecule has 2 aliphatic heterocycles. The van der Waals surface area contributed by atoms with Crippen LogP contribution >= 0.6 is 11.3 Å². The molecule has 0 aromatic carbocycles. The van der Waals surface area contributed by atoms with E-state index in [-0.39, 0.29) is 18.2 Å². The number of thiophene rings is 1. The minimum Gasteiger partial charge on any atom is -0.388 e. The van der Waals surface area contributed by atoms with Gasteiger partial charge in [-0.1, -0.05) is 11.3 Å². The summed E-state index contributed by atoms with van der Waals surface area (Å²) >= 11 is 1.05. The first-order valence-electron chi connectivity index (χ1n) is 7.44. The van der Waals surface area contributed by atoms with Gasteiger partial charge in [-0.15, -0.1) is 0 Å². The predicted octanol–water partition coefficient (Wildman–Crippen LogP) is 1.01. The molecule has 132 valence electrons. The van der Waals surface area contributed by atoms with Crippen LogP contribution in [0.25, 0.3) is 0 Å². The van der Waals surface area contributed by atoms with E-state index in [1.807, 2.05) is 0 Å². The monoisotopic (exact) mass is 359 g/mol. The van der Waals surface area contributed by atoms with Gasteiger partial charge in [0.1, 0.15) is 18.0 Å². The summed E-state index contributed by atoms with van der Waals surface area (Å²) in [6, 6.07) is 3.08. The maximum Gasteiger partial charge on any atom is 0.324 e. The molecule has 1 aromatic rings. The molecule has 24 heavy (non-hydrogen) atoms. The average Bonchev–Trinajstić information content (AvgIpc) is 3.07. The molecule has 0 spiro atoms. The van der Waals surface area contributed by atoms with Gasteiger partial charge in [0, 0.05) is 23.7 Å². The number of nitro groups is 1. The van der Waals surface area contributed by atoms with Crippen LogP contribution in [0.4, 0.5) is 9.39 Å². The average molecular weight is 359 g/mol. The Morgan fingerprint density at radius 2 is 2.21 bits per heavy atom. The highest BCUT2D eigenvalue weighted by Gasteiger charge is 2.43. The van der Waals surface area contributed by atoms with Crippen molar-refractivity contribution in [2.75, 3.05) is 13.2 Å². The van der Waals surface area contributed by atoms with E-state index in [4.69, 9.17) is 4.74 Å². The number of rotatable bonds is 4. The Labute approximate surface area is 141 Å². The Balaban J connectivity index is 1.69. The molecule has 0 aliphatic carbocycles. The zero-order valence-corrected chi connectivity index (χ0v) is 13.7. The van der Waals surface area contributed by atoms with Crippen molar-refractivity contribution in [2.24, 2.45) is 0 Å². The summed E-state index contributed by atoms with van der Waals surface area (Å²) in [6.45, 7) is 2.33. The first-order valence-corrected chi connectivity index (χ1v) is 8.26. The second-order valence-corrected chi connectivity index (χ2v) is 7.08. The maximum absolute atomic E-state index is 14.0. The summed E-state index contributed by atoms with van der Waals surface area (Å²) in [6.07, 6.45) is -2.27.